The molecule has 1 heterocycles. The summed E-state index contributed by atoms with van der Waals surface area (Å²) in [6.45, 7) is 2.23. The van der Waals surface area contributed by atoms with Gasteiger partial charge in [0.2, 0.25) is 0 Å². The van der Waals surface area contributed by atoms with Gasteiger partial charge in [0.15, 0.2) is 5.82 Å². The second kappa shape index (κ2) is 2.57. The maximum atomic E-state index is 4.38. The van der Waals surface area contributed by atoms with Gasteiger partial charge in [-0.15, -0.1) is 0 Å². The third-order valence-corrected chi connectivity index (χ3v) is 3.06. The molecule has 0 aliphatic heterocycles. The summed E-state index contributed by atoms with van der Waals surface area (Å²) in [5, 5.41) is 4.38. The van der Waals surface area contributed by atoms with E-state index in [4.69, 9.17) is 0 Å². The van der Waals surface area contributed by atoms with Gasteiger partial charge in [0.05, 0.1) is 0 Å². The molecule has 0 unspecified atom stereocenters. The topological polar surface area (TPSA) is 30.7 Å². The fourth-order valence-corrected chi connectivity index (χ4v) is 1.92. The summed E-state index contributed by atoms with van der Waals surface area (Å²) in [6, 6.07) is 0. The average molecular weight is 165 g/mol. The summed E-state index contributed by atoms with van der Waals surface area (Å²) in [5.41, 5.74) is 0.335. The maximum absolute atomic E-state index is 4.38. The summed E-state index contributed by atoms with van der Waals surface area (Å²) >= 11 is 0. The standard InChI is InChI=1S/C9H15N3/c1-3-9(5-4-6-9)8-10-7-12(2)11-8/h7H,3-6H2,1-2H3. The van der Waals surface area contributed by atoms with Crippen LogP contribution in [0.15, 0.2) is 6.33 Å². The zero-order chi connectivity index (χ0) is 8.60. The van der Waals surface area contributed by atoms with Gasteiger partial charge in [0.25, 0.3) is 0 Å². The number of aromatic nitrogens is 3. The van der Waals surface area contributed by atoms with Gasteiger partial charge in [-0.1, -0.05) is 13.3 Å². The first kappa shape index (κ1) is 7.77. The number of nitrogens with zero attached hydrogens (tertiary/aromatic N) is 3. The third kappa shape index (κ3) is 0.958. The molecule has 3 nitrogen and oxygen atoms in total. The molecule has 66 valence electrons. The molecule has 3 heteroatoms. The Kier molecular flexibility index (Phi) is 1.67. The molecule has 0 saturated heterocycles. The van der Waals surface area contributed by atoms with Gasteiger partial charge in [-0.3, -0.25) is 4.68 Å². The van der Waals surface area contributed by atoms with Crippen molar-refractivity contribution in [3.63, 3.8) is 0 Å². The number of hydrogen-bond donors (Lipinski definition) is 0. The quantitative estimate of drug-likeness (QED) is 0.667. The second-order valence-electron chi connectivity index (χ2n) is 3.73. The molecule has 0 amide bonds. The zero-order valence-corrected chi connectivity index (χ0v) is 7.75. The van der Waals surface area contributed by atoms with Crippen molar-refractivity contribution in [1.82, 2.24) is 14.8 Å². The van der Waals surface area contributed by atoms with Gasteiger partial charge in [-0.2, -0.15) is 5.10 Å². The zero-order valence-electron chi connectivity index (χ0n) is 7.75. The molecular formula is C9H15N3. The van der Waals surface area contributed by atoms with Crippen LogP contribution in [0.25, 0.3) is 0 Å². The van der Waals surface area contributed by atoms with E-state index < -0.39 is 0 Å². The van der Waals surface area contributed by atoms with Crippen LogP contribution < -0.4 is 0 Å². The van der Waals surface area contributed by atoms with Crippen LogP contribution in [0.1, 0.15) is 38.4 Å². The van der Waals surface area contributed by atoms with E-state index in [0.717, 1.165) is 5.82 Å². The molecule has 0 atom stereocenters. The predicted octanol–water partition coefficient (Wildman–Crippen LogP) is 1.65. The molecule has 0 aromatic carbocycles. The molecule has 1 fully saturated rings. The summed E-state index contributed by atoms with van der Waals surface area (Å²) in [6.07, 6.45) is 6.86. The molecule has 1 aliphatic carbocycles. The van der Waals surface area contributed by atoms with Crippen LogP contribution in [0.5, 0.6) is 0 Å². The number of rotatable bonds is 2. The lowest BCUT2D eigenvalue weighted by Crippen LogP contribution is -2.34. The lowest BCUT2D eigenvalue weighted by Gasteiger charge is -2.38. The first-order valence-electron chi connectivity index (χ1n) is 4.63. The van der Waals surface area contributed by atoms with Crippen molar-refractivity contribution < 1.29 is 0 Å². The van der Waals surface area contributed by atoms with E-state index in [9.17, 15) is 0 Å². The van der Waals surface area contributed by atoms with Crippen molar-refractivity contribution in [3.8, 4) is 0 Å². The van der Waals surface area contributed by atoms with Crippen molar-refractivity contribution in [1.29, 1.82) is 0 Å². The molecule has 2 rings (SSSR count). The van der Waals surface area contributed by atoms with Crippen LogP contribution in [0, 0.1) is 0 Å². The molecule has 1 saturated carbocycles. The van der Waals surface area contributed by atoms with E-state index in [2.05, 4.69) is 17.0 Å². The molecule has 1 aromatic rings. The summed E-state index contributed by atoms with van der Waals surface area (Å²) in [7, 11) is 1.93. The first-order valence-corrected chi connectivity index (χ1v) is 4.63. The van der Waals surface area contributed by atoms with Crippen LogP contribution in [0.3, 0.4) is 0 Å². The van der Waals surface area contributed by atoms with Gasteiger partial charge in [0, 0.05) is 12.5 Å². The molecule has 0 N–H and O–H groups in total. The van der Waals surface area contributed by atoms with Gasteiger partial charge in [0.1, 0.15) is 6.33 Å². The van der Waals surface area contributed by atoms with Crippen LogP contribution in [-0.2, 0) is 12.5 Å². The Labute approximate surface area is 72.8 Å². The van der Waals surface area contributed by atoms with Crippen LogP contribution in [0.4, 0.5) is 0 Å². The van der Waals surface area contributed by atoms with E-state index in [1.165, 1.54) is 25.7 Å². The minimum atomic E-state index is 0.335. The van der Waals surface area contributed by atoms with Gasteiger partial charge in [-0.25, -0.2) is 4.98 Å². The number of hydrogen-bond acceptors (Lipinski definition) is 2. The number of aryl methyl sites for hydroxylation is 1. The summed E-state index contributed by atoms with van der Waals surface area (Å²) in [4.78, 5) is 4.33. The molecule has 0 spiro atoms. The Morgan fingerprint density at radius 3 is 2.67 bits per heavy atom. The van der Waals surface area contributed by atoms with Gasteiger partial charge >= 0.3 is 0 Å². The Bertz CT molecular complexity index is 268. The molecule has 0 radical (unpaired) electrons. The smallest absolute Gasteiger partial charge is 0.156 e. The Morgan fingerprint density at radius 1 is 1.58 bits per heavy atom. The molecule has 1 aromatic heterocycles. The summed E-state index contributed by atoms with van der Waals surface area (Å²) < 4.78 is 1.80. The normalized spacial score (nSPS) is 20.5. The minimum absolute atomic E-state index is 0.335. The third-order valence-electron chi connectivity index (χ3n) is 3.06. The molecular weight excluding hydrogens is 150 g/mol. The van der Waals surface area contributed by atoms with E-state index in [1.807, 2.05) is 7.05 Å². The molecule has 0 bridgehead atoms. The van der Waals surface area contributed by atoms with E-state index in [0.29, 0.717) is 5.41 Å². The SMILES string of the molecule is CCC1(c2ncn(C)n2)CCC1. The maximum Gasteiger partial charge on any atom is 0.156 e. The lowest BCUT2D eigenvalue weighted by atomic mass is 9.66. The largest absolute Gasteiger partial charge is 0.256 e. The van der Waals surface area contributed by atoms with E-state index >= 15 is 0 Å². The lowest BCUT2D eigenvalue weighted by molar-refractivity contribution is 0.220. The van der Waals surface area contributed by atoms with E-state index in [1.54, 1.807) is 11.0 Å². The predicted molar refractivity (Wildman–Crippen MR) is 46.8 cm³/mol. The van der Waals surface area contributed by atoms with Crippen LogP contribution >= 0.6 is 0 Å². The summed E-state index contributed by atoms with van der Waals surface area (Å²) in [5.74, 6) is 1.05. The monoisotopic (exact) mass is 165 g/mol. The van der Waals surface area contributed by atoms with Crippen LogP contribution in [-0.4, -0.2) is 14.8 Å². The minimum Gasteiger partial charge on any atom is -0.256 e. The van der Waals surface area contributed by atoms with Crippen molar-refractivity contribution >= 4 is 0 Å². The Balaban J connectivity index is 2.27. The highest BCUT2D eigenvalue weighted by atomic mass is 15.3. The van der Waals surface area contributed by atoms with Crippen molar-refractivity contribution in [2.24, 2.45) is 7.05 Å². The second-order valence-corrected chi connectivity index (χ2v) is 3.73. The average Bonchev–Trinajstić information content (AvgIpc) is 2.35. The van der Waals surface area contributed by atoms with Crippen molar-refractivity contribution in [2.75, 3.05) is 0 Å². The van der Waals surface area contributed by atoms with Gasteiger partial charge < -0.3 is 0 Å². The van der Waals surface area contributed by atoms with Crippen molar-refractivity contribution in [3.05, 3.63) is 12.2 Å². The highest BCUT2D eigenvalue weighted by Crippen LogP contribution is 2.44. The highest BCUT2D eigenvalue weighted by molar-refractivity contribution is 5.10. The molecule has 1 aliphatic rings. The molecule has 12 heavy (non-hydrogen) atoms. The fourth-order valence-electron chi connectivity index (χ4n) is 1.92. The van der Waals surface area contributed by atoms with Crippen molar-refractivity contribution in [2.45, 2.75) is 38.0 Å². The highest BCUT2D eigenvalue weighted by Gasteiger charge is 2.40. The van der Waals surface area contributed by atoms with E-state index in [-0.39, 0.29) is 0 Å². The van der Waals surface area contributed by atoms with Crippen LogP contribution in [0.2, 0.25) is 0 Å². The van der Waals surface area contributed by atoms with Gasteiger partial charge in [-0.05, 0) is 19.3 Å². The Morgan fingerprint density at radius 2 is 2.33 bits per heavy atom. The Hall–Kier alpha value is -0.860. The first-order chi connectivity index (χ1) is 5.77. The fraction of sp³-hybridized carbons (Fsp3) is 0.778.